The van der Waals surface area contributed by atoms with Crippen LogP contribution in [-0.4, -0.2) is 24.2 Å². The molecule has 0 aromatic carbocycles. The molecule has 0 amide bonds. The molecular weight excluding hydrogens is 316 g/mol. The summed E-state index contributed by atoms with van der Waals surface area (Å²) >= 11 is 0. The van der Waals surface area contributed by atoms with E-state index in [1.165, 1.54) is 18.1 Å². The molecule has 0 saturated heterocycles. The molecule has 4 atom stereocenters. The first kappa shape index (κ1) is 19.7. The minimum Gasteiger partial charge on any atom is -0.478 e. The lowest BCUT2D eigenvalue weighted by Gasteiger charge is -2.58. The van der Waals surface area contributed by atoms with Crippen molar-refractivity contribution in [2.45, 2.75) is 65.7 Å². The topological polar surface area (TPSA) is 63.6 Å². The summed E-state index contributed by atoms with van der Waals surface area (Å²) in [5.74, 6) is 0.0347. The van der Waals surface area contributed by atoms with Crippen molar-refractivity contribution in [3.05, 3.63) is 23.8 Å². The molecule has 0 heterocycles. The standard InChI is InChI=1S/C21H32O4/c1-15(12-19(23)24)6-8-17-16(2)7-9-18-20(3,13-25-14-22)10-5-11-21(17,18)4/h12,14,17-18H,2,5-11,13H2,1,3-4H3,(H,23,24)/b15-12-/t17-,18-,20+,21+/m0/s1. The quantitative estimate of drug-likeness (QED) is 0.410. The van der Waals surface area contributed by atoms with Crippen molar-refractivity contribution in [2.24, 2.45) is 22.7 Å². The molecule has 0 radical (unpaired) electrons. The minimum absolute atomic E-state index is 0.0266. The second-order valence-corrected chi connectivity index (χ2v) is 8.59. The second-order valence-electron chi connectivity index (χ2n) is 8.59. The summed E-state index contributed by atoms with van der Waals surface area (Å²) in [6.07, 6.45) is 8.58. The van der Waals surface area contributed by atoms with E-state index in [0.717, 1.165) is 44.1 Å². The predicted molar refractivity (Wildman–Crippen MR) is 98.1 cm³/mol. The summed E-state index contributed by atoms with van der Waals surface area (Å²) in [5, 5.41) is 8.93. The molecule has 0 unspecified atom stereocenters. The molecule has 140 valence electrons. The van der Waals surface area contributed by atoms with Crippen molar-refractivity contribution >= 4 is 12.4 Å². The van der Waals surface area contributed by atoms with Gasteiger partial charge in [0.2, 0.25) is 0 Å². The van der Waals surface area contributed by atoms with E-state index in [0.29, 0.717) is 24.9 Å². The lowest BCUT2D eigenvalue weighted by molar-refractivity contribution is -0.141. The number of carboxylic acid groups (broad SMARTS) is 1. The molecule has 1 N–H and O–H groups in total. The molecule has 2 saturated carbocycles. The fraction of sp³-hybridized carbons (Fsp3) is 0.714. The predicted octanol–water partition coefficient (Wildman–Crippen LogP) is 4.75. The van der Waals surface area contributed by atoms with Crippen LogP contribution < -0.4 is 0 Å². The van der Waals surface area contributed by atoms with Gasteiger partial charge in [0.1, 0.15) is 0 Å². The summed E-state index contributed by atoms with van der Waals surface area (Å²) in [7, 11) is 0. The minimum atomic E-state index is -0.875. The third-order valence-electron chi connectivity index (χ3n) is 6.82. The summed E-state index contributed by atoms with van der Waals surface area (Å²) < 4.78 is 5.20. The zero-order chi connectivity index (χ0) is 18.7. The Bertz CT molecular complexity index is 564. The average molecular weight is 348 g/mol. The van der Waals surface area contributed by atoms with Gasteiger partial charge in [-0.2, -0.15) is 0 Å². The highest BCUT2D eigenvalue weighted by Gasteiger charge is 2.54. The summed E-state index contributed by atoms with van der Waals surface area (Å²) in [6.45, 7) is 11.9. The van der Waals surface area contributed by atoms with E-state index in [4.69, 9.17) is 9.84 Å². The first-order valence-electron chi connectivity index (χ1n) is 9.36. The maximum Gasteiger partial charge on any atom is 0.328 e. The third kappa shape index (κ3) is 4.16. The van der Waals surface area contributed by atoms with Crippen molar-refractivity contribution in [1.82, 2.24) is 0 Å². The van der Waals surface area contributed by atoms with Gasteiger partial charge in [0.15, 0.2) is 0 Å². The number of hydrogen-bond donors (Lipinski definition) is 1. The highest BCUT2D eigenvalue weighted by molar-refractivity contribution is 5.80. The van der Waals surface area contributed by atoms with Gasteiger partial charge in [0, 0.05) is 11.5 Å². The summed E-state index contributed by atoms with van der Waals surface area (Å²) in [4.78, 5) is 21.6. The highest BCUT2D eigenvalue weighted by Crippen LogP contribution is 2.62. The lowest BCUT2D eigenvalue weighted by Crippen LogP contribution is -2.52. The molecule has 0 aliphatic heterocycles. The Balaban J connectivity index is 2.20. The van der Waals surface area contributed by atoms with Gasteiger partial charge >= 0.3 is 5.97 Å². The monoisotopic (exact) mass is 348 g/mol. The van der Waals surface area contributed by atoms with Crippen LogP contribution in [0.1, 0.15) is 65.7 Å². The van der Waals surface area contributed by atoms with Crippen LogP contribution in [0.15, 0.2) is 23.8 Å². The zero-order valence-corrected chi connectivity index (χ0v) is 15.8. The van der Waals surface area contributed by atoms with Crippen LogP contribution in [-0.2, 0) is 14.3 Å². The number of carbonyl (C=O) groups is 2. The number of carboxylic acids is 1. The molecule has 2 aliphatic rings. The molecule has 0 spiro atoms. The molecule has 0 bridgehead atoms. The Morgan fingerprint density at radius 1 is 1.40 bits per heavy atom. The average Bonchev–Trinajstić information content (AvgIpc) is 2.51. The third-order valence-corrected chi connectivity index (χ3v) is 6.82. The van der Waals surface area contributed by atoms with Crippen LogP contribution in [0.25, 0.3) is 0 Å². The van der Waals surface area contributed by atoms with Crippen molar-refractivity contribution < 1.29 is 19.4 Å². The van der Waals surface area contributed by atoms with E-state index in [9.17, 15) is 9.59 Å². The molecule has 25 heavy (non-hydrogen) atoms. The number of fused-ring (bicyclic) bond motifs is 1. The summed E-state index contributed by atoms with van der Waals surface area (Å²) in [5.41, 5.74) is 2.40. The van der Waals surface area contributed by atoms with Gasteiger partial charge < -0.3 is 9.84 Å². The first-order valence-corrected chi connectivity index (χ1v) is 9.36. The fourth-order valence-electron chi connectivity index (χ4n) is 5.67. The Morgan fingerprint density at radius 2 is 2.12 bits per heavy atom. The van der Waals surface area contributed by atoms with Crippen molar-refractivity contribution in [2.75, 3.05) is 6.61 Å². The zero-order valence-electron chi connectivity index (χ0n) is 15.8. The largest absolute Gasteiger partial charge is 0.478 e. The Labute approximate surface area is 151 Å². The second kappa shape index (κ2) is 7.76. The van der Waals surface area contributed by atoms with Crippen LogP contribution in [0.3, 0.4) is 0 Å². The maximum absolute atomic E-state index is 10.9. The van der Waals surface area contributed by atoms with E-state index >= 15 is 0 Å². The van der Waals surface area contributed by atoms with Crippen LogP contribution >= 0.6 is 0 Å². The molecule has 0 aromatic heterocycles. The number of allylic oxidation sites excluding steroid dienone is 2. The van der Waals surface area contributed by atoms with Gasteiger partial charge in [0.25, 0.3) is 6.47 Å². The van der Waals surface area contributed by atoms with Crippen molar-refractivity contribution in [1.29, 1.82) is 0 Å². The summed E-state index contributed by atoms with van der Waals surface area (Å²) in [6, 6.07) is 0. The van der Waals surface area contributed by atoms with E-state index < -0.39 is 5.97 Å². The number of aliphatic carboxylic acids is 1. The SMILES string of the molecule is C=C1CC[C@H]2[C@@](C)(COC=O)CCC[C@]2(C)[C@H]1CC/C(C)=C\C(=O)O. The molecule has 2 fully saturated rings. The van der Waals surface area contributed by atoms with Gasteiger partial charge in [0.05, 0.1) is 6.61 Å². The number of hydrogen-bond acceptors (Lipinski definition) is 3. The molecule has 0 aromatic rings. The molecular formula is C21H32O4. The number of rotatable bonds is 7. The van der Waals surface area contributed by atoms with E-state index in [-0.39, 0.29) is 10.8 Å². The van der Waals surface area contributed by atoms with Crippen molar-refractivity contribution in [3.8, 4) is 0 Å². The van der Waals surface area contributed by atoms with Crippen LogP contribution in [0.4, 0.5) is 0 Å². The van der Waals surface area contributed by atoms with Gasteiger partial charge in [-0.15, -0.1) is 0 Å². The van der Waals surface area contributed by atoms with Crippen LogP contribution in [0.2, 0.25) is 0 Å². The van der Waals surface area contributed by atoms with Crippen LogP contribution in [0, 0.1) is 22.7 Å². The lowest BCUT2D eigenvalue weighted by atomic mass is 9.47. The van der Waals surface area contributed by atoms with Gasteiger partial charge in [-0.1, -0.05) is 38.0 Å². The first-order chi connectivity index (χ1) is 11.7. The fourth-order valence-corrected chi connectivity index (χ4v) is 5.67. The Hall–Kier alpha value is -1.58. The number of carbonyl (C=O) groups excluding carboxylic acids is 1. The molecule has 4 nitrogen and oxygen atoms in total. The molecule has 4 heteroatoms. The van der Waals surface area contributed by atoms with Crippen molar-refractivity contribution in [3.63, 3.8) is 0 Å². The van der Waals surface area contributed by atoms with E-state index in [2.05, 4.69) is 20.4 Å². The van der Waals surface area contributed by atoms with Crippen LogP contribution in [0.5, 0.6) is 0 Å². The Kier molecular flexibility index (Phi) is 6.12. The molecule has 2 aliphatic carbocycles. The van der Waals surface area contributed by atoms with Gasteiger partial charge in [-0.25, -0.2) is 4.79 Å². The van der Waals surface area contributed by atoms with E-state index in [1.807, 2.05) is 6.92 Å². The molecule has 2 rings (SSSR count). The van der Waals surface area contributed by atoms with Gasteiger partial charge in [-0.3, -0.25) is 4.79 Å². The number of ether oxygens (including phenoxy) is 1. The smallest absolute Gasteiger partial charge is 0.328 e. The normalized spacial score (nSPS) is 35.8. The Morgan fingerprint density at radius 3 is 2.76 bits per heavy atom. The highest BCUT2D eigenvalue weighted by atomic mass is 16.5. The maximum atomic E-state index is 10.9. The van der Waals surface area contributed by atoms with Gasteiger partial charge in [-0.05, 0) is 62.7 Å². The van der Waals surface area contributed by atoms with E-state index in [1.54, 1.807) is 0 Å².